The van der Waals surface area contributed by atoms with Crippen LogP contribution in [0, 0.1) is 0 Å². The average molecular weight is 491 g/mol. The molecule has 1 saturated heterocycles. The van der Waals surface area contributed by atoms with E-state index in [9.17, 15) is 14.7 Å². The number of hydrogen-bond acceptors (Lipinski definition) is 5. The number of amides is 1. The molecule has 1 heterocycles. The van der Waals surface area contributed by atoms with Crippen molar-refractivity contribution < 1.29 is 19.4 Å². The van der Waals surface area contributed by atoms with Crippen molar-refractivity contribution in [1.29, 1.82) is 0 Å². The van der Waals surface area contributed by atoms with Gasteiger partial charge in [0.15, 0.2) is 0 Å². The maximum Gasteiger partial charge on any atom is 0.295 e. The minimum absolute atomic E-state index is 0.0521. The number of hydrogen-bond donors (Lipinski definition) is 1. The second-order valence-corrected chi connectivity index (χ2v) is 9.09. The van der Waals surface area contributed by atoms with Crippen molar-refractivity contribution >= 4 is 29.1 Å². The number of carbonyl (C=O) groups is 2. The number of aliphatic hydroxyl groups is 1. The monoisotopic (exact) mass is 490 g/mol. The molecule has 1 aliphatic heterocycles. The highest BCUT2D eigenvalue weighted by molar-refractivity contribution is 6.46. The van der Waals surface area contributed by atoms with E-state index in [1.54, 1.807) is 24.3 Å². The van der Waals surface area contributed by atoms with Gasteiger partial charge in [-0.2, -0.15) is 0 Å². The van der Waals surface area contributed by atoms with E-state index in [2.05, 4.69) is 0 Å². The molecule has 1 amide bonds. The largest absolute Gasteiger partial charge is 0.507 e. The highest BCUT2D eigenvalue weighted by atomic mass is 35.5. The van der Waals surface area contributed by atoms with Gasteiger partial charge in [-0.15, -0.1) is 0 Å². The first kappa shape index (κ1) is 24.5. The first-order chi connectivity index (χ1) is 16.8. The summed E-state index contributed by atoms with van der Waals surface area (Å²) in [5, 5.41) is 11.7. The standard InChI is InChI=1S/C28H27ClN2O4/c1-30(2)15-16-31-25(21-9-6-10-23(17-21)35-18-19-7-4-3-5-8-19)24(27(33)28(31)34)26(32)20-11-13-22(29)14-12-20/h3-14,17,25,32H,15-16,18H2,1-2H3/b26-24-. The number of carbonyl (C=O) groups excluding carboxylic acids is 2. The van der Waals surface area contributed by atoms with E-state index < -0.39 is 17.7 Å². The second-order valence-electron chi connectivity index (χ2n) is 8.65. The van der Waals surface area contributed by atoms with Gasteiger partial charge in [-0.05, 0) is 61.6 Å². The van der Waals surface area contributed by atoms with Crippen molar-refractivity contribution in [1.82, 2.24) is 9.80 Å². The first-order valence-corrected chi connectivity index (χ1v) is 11.7. The van der Waals surface area contributed by atoms with Gasteiger partial charge < -0.3 is 19.6 Å². The maximum absolute atomic E-state index is 13.1. The van der Waals surface area contributed by atoms with Crippen LogP contribution < -0.4 is 4.74 Å². The van der Waals surface area contributed by atoms with Gasteiger partial charge in [-0.3, -0.25) is 9.59 Å². The minimum Gasteiger partial charge on any atom is -0.507 e. The molecule has 1 aliphatic rings. The summed E-state index contributed by atoms with van der Waals surface area (Å²) in [6.45, 7) is 1.28. The number of halogens is 1. The second kappa shape index (κ2) is 10.8. The molecule has 3 aromatic rings. The Morgan fingerprint density at radius 1 is 1.00 bits per heavy atom. The molecule has 0 aromatic heterocycles. The number of ketones is 1. The highest BCUT2D eigenvalue weighted by Crippen LogP contribution is 2.40. The van der Waals surface area contributed by atoms with Crippen LogP contribution in [-0.2, 0) is 16.2 Å². The van der Waals surface area contributed by atoms with Crippen molar-refractivity contribution in [2.75, 3.05) is 27.2 Å². The van der Waals surface area contributed by atoms with E-state index in [1.165, 1.54) is 4.90 Å². The molecule has 1 unspecified atom stereocenters. The molecule has 180 valence electrons. The Labute approximate surface area is 210 Å². The Morgan fingerprint density at radius 2 is 1.71 bits per heavy atom. The molecule has 3 aromatic carbocycles. The predicted octanol–water partition coefficient (Wildman–Crippen LogP) is 4.90. The Morgan fingerprint density at radius 3 is 2.40 bits per heavy atom. The SMILES string of the molecule is CN(C)CCN1C(=O)C(=O)/C(=C(\O)c2ccc(Cl)cc2)C1c1cccc(OCc2ccccc2)c1. The van der Waals surface area contributed by atoms with Gasteiger partial charge in [0.2, 0.25) is 0 Å². The van der Waals surface area contributed by atoms with Crippen LogP contribution in [0.25, 0.3) is 5.76 Å². The van der Waals surface area contributed by atoms with E-state index in [0.717, 1.165) is 5.56 Å². The third-order valence-corrected chi connectivity index (χ3v) is 6.12. The lowest BCUT2D eigenvalue weighted by Gasteiger charge is -2.27. The molecular formula is C28H27ClN2O4. The molecule has 0 saturated carbocycles. The maximum atomic E-state index is 13.1. The van der Waals surface area contributed by atoms with Crippen molar-refractivity contribution in [3.63, 3.8) is 0 Å². The van der Waals surface area contributed by atoms with Gasteiger partial charge in [-0.25, -0.2) is 0 Å². The van der Waals surface area contributed by atoms with Gasteiger partial charge in [0.05, 0.1) is 11.6 Å². The lowest BCUT2D eigenvalue weighted by Crippen LogP contribution is -2.35. The fraction of sp³-hybridized carbons (Fsp3) is 0.214. The molecule has 1 atom stereocenters. The number of benzene rings is 3. The number of aliphatic hydroxyl groups excluding tert-OH is 1. The number of ether oxygens (including phenoxy) is 1. The molecule has 0 radical (unpaired) electrons. The summed E-state index contributed by atoms with van der Waals surface area (Å²) in [5.41, 5.74) is 2.18. The molecule has 4 rings (SSSR count). The Bertz CT molecular complexity index is 1240. The van der Waals surface area contributed by atoms with E-state index in [1.807, 2.05) is 73.6 Å². The van der Waals surface area contributed by atoms with Crippen LogP contribution in [0.15, 0.2) is 84.4 Å². The van der Waals surface area contributed by atoms with Gasteiger partial charge in [-0.1, -0.05) is 54.1 Å². The zero-order valence-electron chi connectivity index (χ0n) is 19.6. The number of likely N-dealkylation sites (N-methyl/N-ethyl adjacent to an activating group) is 1. The number of nitrogens with zero attached hydrogens (tertiary/aromatic N) is 2. The lowest BCUT2D eigenvalue weighted by molar-refractivity contribution is -0.140. The molecule has 0 spiro atoms. The van der Waals surface area contributed by atoms with E-state index in [0.29, 0.717) is 41.6 Å². The van der Waals surface area contributed by atoms with Gasteiger partial charge in [0.25, 0.3) is 11.7 Å². The van der Waals surface area contributed by atoms with Crippen LogP contribution in [0.4, 0.5) is 0 Å². The van der Waals surface area contributed by atoms with Crippen LogP contribution in [0.2, 0.25) is 5.02 Å². The fourth-order valence-corrected chi connectivity index (χ4v) is 4.17. The molecule has 1 N–H and O–H groups in total. The molecule has 6 nitrogen and oxygen atoms in total. The third kappa shape index (κ3) is 5.56. The Balaban J connectivity index is 1.73. The first-order valence-electron chi connectivity index (χ1n) is 11.3. The Kier molecular flexibility index (Phi) is 7.54. The molecule has 0 bridgehead atoms. The summed E-state index contributed by atoms with van der Waals surface area (Å²) in [6.07, 6.45) is 0. The molecule has 35 heavy (non-hydrogen) atoms. The Hall–Kier alpha value is -3.61. The van der Waals surface area contributed by atoms with Gasteiger partial charge in [0.1, 0.15) is 18.1 Å². The zero-order valence-corrected chi connectivity index (χ0v) is 20.4. The van der Waals surface area contributed by atoms with Crippen LogP contribution in [0.5, 0.6) is 5.75 Å². The quantitative estimate of drug-likeness (QED) is 0.276. The van der Waals surface area contributed by atoms with E-state index in [4.69, 9.17) is 16.3 Å². The van der Waals surface area contributed by atoms with Crippen molar-refractivity contribution in [3.8, 4) is 5.75 Å². The van der Waals surface area contributed by atoms with Crippen molar-refractivity contribution in [3.05, 3.63) is 106 Å². The molecule has 0 aliphatic carbocycles. The summed E-state index contributed by atoms with van der Waals surface area (Å²) >= 11 is 5.99. The molecular weight excluding hydrogens is 464 g/mol. The van der Waals surface area contributed by atoms with Crippen molar-refractivity contribution in [2.45, 2.75) is 12.6 Å². The zero-order chi connectivity index (χ0) is 24.9. The summed E-state index contributed by atoms with van der Waals surface area (Å²) in [6, 6.07) is 22.9. The lowest BCUT2D eigenvalue weighted by atomic mass is 9.95. The fourth-order valence-electron chi connectivity index (χ4n) is 4.04. The normalized spacial score (nSPS) is 17.3. The van der Waals surface area contributed by atoms with E-state index >= 15 is 0 Å². The van der Waals surface area contributed by atoms with Crippen LogP contribution in [-0.4, -0.2) is 53.8 Å². The predicted molar refractivity (Wildman–Crippen MR) is 136 cm³/mol. The molecule has 1 fully saturated rings. The third-order valence-electron chi connectivity index (χ3n) is 5.87. The van der Waals surface area contributed by atoms with Crippen molar-refractivity contribution in [2.24, 2.45) is 0 Å². The van der Waals surface area contributed by atoms with Gasteiger partial charge >= 0.3 is 0 Å². The smallest absolute Gasteiger partial charge is 0.295 e. The van der Waals surface area contributed by atoms with Crippen LogP contribution >= 0.6 is 11.6 Å². The van der Waals surface area contributed by atoms with Crippen LogP contribution in [0.3, 0.4) is 0 Å². The van der Waals surface area contributed by atoms with Gasteiger partial charge in [0, 0.05) is 23.7 Å². The summed E-state index contributed by atoms with van der Waals surface area (Å²) in [5.74, 6) is -0.969. The number of Topliss-reactive ketones (excluding diaryl/α,β-unsaturated/α-hetero) is 1. The summed E-state index contributed by atoms with van der Waals surface area (Å²) in [4.78, 5) is 29.7. The number of rotatable bonds is 8. The molecule has 7 heteroatoms. The topological polar surface area (TPSA) is 70.1 Å². The summed E-state index contributed by atoms with van der Waals surface area (Å²) in [7, 11) is 3.80. The van der Waals surface area contributed by atoms with E-state index in [-0.39, 0.29) is 11.3 Å². The highest BCUT2D eigenvalue weighted by Gasteiger charge is 2.46. The average Bonchev–Trinajstić information content (AvgIpc) is 3.12. The number of likely N-dealkylation sites (tertiary alicyclic amines) is 1. The minimum atomic E-state index is -0.745. The summed E-state index contributed by atoms with van der Waals surface area (Å²) < 4.78 is 5.98. The van der Waals surface area contributed by atoms with Crippen LogP contribution in [0.1, 0.15) is 22.7 Å².